The van der Waals surface area contributed by atoms with Crippen LogP contribution in [0.2, 0.25) is 0 Å². The molecule has 0 radical (unpaired) electrons. The Kier molecular flexibility index (Phi) is 8.84. The maximum Gasteiger partial charge on any atom is 0.270 e. The van der Waals surface area contributed by atoms with E-state index in [2.05, 4.69) is 12.2 Å². The molecule has 0 saturated carbocycles. The first-order chi connectivity index (χ1) is 6.72. The van der Waals surface area contributed by atoms with Crippen molar-refractivity contribution in [1.82, 2.24) is 5.32 Å². The summed E-state index contributed by atoms with van der Waals surface area (Å²) in [5, 5.41) is 3.01. The summed E-state index contributed by atoms with van der Waals surface area (Å²) in [5.41, 5.74) is 0.284. The summed E-state index contributed by atoms with van der Waals surface area (Å²) in [4.78, 5) is 0. The van der Waals surface area contributed by atoms with Gasteiger partial charge < -0.3 is 5.32 Å². The molecule has 14 heavy (non-hydrogen) atoms. The van der Waals surface area contributed by atoms with E-state index in [1.807, 2.05) is 6.92 Å². The summed E-state index contributed by atoms with van der Waals surface area (Å²) in [5.74, 6) is 0. The zero-order valence-electron chi connectivity index (χ0n) is 9.21. The van der Waals surface area contributed by atoms with E-state index in [1.54, 1.807) is 0 Å². The van der Waals surface area contributed by atoms with E-state index in [-0.39, 0.29) is 5.57 Å². The molecular weight excluding hydrogens is 184 g/mol. The van der Waals surface area contributed by atoms with Gasteiger partial charge in [0.2, 0.25) is 0 Å². The topological polar surface area (TPSA) is 12.0 Å². The molecule has 0 aromatic rings. The molecule has 0 aliphatic heterocycles. The van der Waals surface area contributed by atoms with Crippen molar-refractivity contribution in [3.05, 3.63) is 11.7 Å². The van der Waals surface area contributed by atoms with E-state index < -0.39 is 6.08 Å². The zero-order valence-corrected chi connectivity index (χ0v) is 9.21. The Hall–Kier alpha value is -0.440. The molecule has 0 bridgehead atoms. The third-order valence-electron chi connectivity index (χ3n) is 2.11. The van der Waals surface area contributed by atoms with Gasteiger partial charge in [-0.25, -0.2) is 0 Å². The fraction of sp³-hybridized carbons (Fsp3) is 0.818. The van der Waals surface area contributed by atoms with Crippen LogP contribution < -0.4 is 5.32 Å². The van der Waals surface area contributed by atoms with Gasteiger partial charge in [-0.05, 0) is 25.8 Å². The molecule has 0 rings (SSSR count). The summed E-state index contributed by atoms with van der Waals surface area (Å²) in [6.45, 7) is 5.26. The van der Waals surface area contributed by atoms with E-state index in [0.29, 0.717) is 13.0 Å². The molecule has 0 amide bonds. The van der Waals surface area contributed by atoms with E-state index in [0.717, 1.165) is 32.2 Å². The maximum atomic E-state index is 12.4. The molecule has 0 aliphatic carbocycles. The van der Waals surface area contributed by atoms with Crippen LogP contribution in [0.1, 0.15) is 46.0 Å². The molecule has 0 saturated heterocycles. The van der Waals surface area contributed by atoms with Crippen molar-refractivity contribution in [3.63, 3.8) is 0 Å². The second kappa shape index (κ2) is 9.13. The molecule has 0 aromatic heterocycles. The average molecular weight is 205 g/mol. The predicted octanol–water partition coefficient (Wildman–Crippen LogP) is 3.72. The normalized spacial score (nSPS) is 10.3. The van der Waals surface area contributed by atoms with Gasteiger partial charge in [0.1, 0.15) is 0 Å². The van der Waals surface area contributed by atoms with E-state index in [1.165, 1.54) is 0 Å². The molecule has 0 fully saturated rings. The van der Waals surface area contributed by atoms with Gasteiger partial charge in [0, 0.05) is 12.1 Å². The minimum absolute atomic E-state index is 0.284. The second-order valence-corrected chi connectivity index (χ2v) is 3.50. The summed E-state index contributed by atoms with van der Waals surface area (Å²) < 4.78 is 24.8. The predicted molar refractivity (Wildman–Crippen MR) is 56.5 cm³/mol. The lowest BCUT2D eigenvalue weighted by molar-refractivity contribution is 0.401. The SMILES string of the molecule is CCCCCC(CNCCC)=C(F)F. The molecule has 0 spiro atoms. The quantitative estimate of drug-likeness (QED) is 0.595. The van der Waals surface area contributed by atoms with Crippen LogP contribution >= 0.6 is 0 Å². The first kappa shape index (κ1) is 13.6. The van der Waals surface area contributed by atoms with E-state index in [9.17, 15) is 8.78 Å². The van der Waals surface area contributed by atoms with Gasteiger partial charge in [0.05, 0.1) is 0 Å². The van der Waals surface area contributed by atoms with Crippen LogP contribution in [0.15, 0.2) is 11.7 Å². The minimum Gasteiger partial charge on any atom is -0.313 e. The highest BCUT2D eigenvalue weighted by Gasteiger charge is 2.04. The first-order valence-electron chi connectivity index (χ1n) is 5.46. The van der Waals surface area contributed by atoms with E-state index in [4.69, 9.17) is 0 Å². The Morgan fingerprint density at radius 3 is 2.29 bits per heavy atom. The van der Waals surface area contributed by atoms with Gasteiger partial charge in [-0.2, -0.15) is 8.78 Å². The van der Waals surface area contributed by atoms with Crippen LogP contribution in [0.3, 0.4) is 0 Å². The lowest BCUT2D eigenvalue weighted by Crippen LogP contribution is -2.18. The Balaban J connectivity index is 3.75. The number of hydrogen-bond acceptors (Lipinski definition) is 1. The van der Waals surface area contributed by atoms with Crippen LogP contribution in [0, 0.1) is 0 Å². The highest BCUT2D eigenvalue weighted by atomic mass is 19.3. The molecule has 0 unspecified atom stereocenters. The molecule has 0 heterocycles. The summed E-state index contributed by atoms with van der Waals surface area (Å²) in [6, 6.07) is 0. The monoisotopic (exact) mass is 205 g/mol. The van der Waals surface area contributed by atoms with Gasteiger partial charge >= 0.3 is 0 Å². The molecule has 1 N–H and O–H groups in total. The van der Waals surface area contributed by atoms with Gasteiger partial charge in [-0.1, -0.05) is 26.7 Å². The van der Waals surface area contributed by atoms with Crippen molar-refractivity contribution >= 4 is 0 Å². The number of unbranched alkanes of at least 4 members (excludes halogenated alkanes) is 2. The lowest BCUT2D eigenvalue weighted by atomic mass is 10.1. The molecule has 0 atom stereocenters. The fourth-order valence-corrected chi connectivity index (χ4v) is 1.25. The van der Waals surface area contributed by atoms with Crippen LogP contribution in [0.25, 0.3) is 0 Å². The molecule has 1 nitrogen and oxygen atoms in total. The van der Waals surface area contributed by atoms with Crippen molar-refractivity contribution in [1.29, 1.82) is 0 Å². The smallest absolute Gasteiger partial charge is 0.270 e. The number of halogens is 2. The third-order valence-corrected chi connectivity index (χ3v) is 2.11. The van der Waals surface area contributed by atoms with Crippen molar-refractivity contribution in [2.45, 2.75) is 46.0 Å². The highest BCUT2D eigenvalue weighted by molar-refractivity contribution is 5.04. The van der Waals surface area contributed by atoms with Gasteiger partial charge in [-0.15, -0.1) is 0 Å². The number of nitrogens with one attached hydrogen (secondary N) is 1. The van der Waals surface area contributed by atoms with Gasteiger partial charge in [0.15, 0.2) is 0 Å². The highest BCUT2D eigenvalue weighted by Crippen LogP contribution is 2.14. The summed E-state index contributed by atoms with van der Waals surface area (Å²) in [7, 11) is 0. The van der Waals surface area contributed by atoms with Crippen molar-refractivity contribution in [3.8, 4) is 0 Å². The largest absolute Gasteiger partial charge is 0.313 e. The summed E-state index contributed by atoms with van der Waals surface area (Å²) in [6.07, 6.45) is 3.00. The van der Waals surface area contributed by atoms with Crippen LogP contribution in [-0.2, 0) is 0 Å². The Morgan fingerprint density at radius 2 is 1.79 bits per heavy atom. The third kappa shape index (κ3) is 7.01. The average Bonchev–Trinajstić information content (AvgIpc) is 2.15. The molecule has 3 heteroatoms. The van der Waals surface area contributed by atoms with E-state index >= 15 is 0 Å². The first-order valence-corrected chi connectivity index (χ1v) is 5.46. The maximum absolute atomic E-state index is 12.4. The summed E-state index contributed by atoms with van der Waals surface area (Å²) >= 11 is 0. The number of hydrogen-bond donors (Lipinski definition) is 1. The fourth-order valence-electron chi connectivity index (χ4n) is 1.25. The molecule has 84 valence electrons. The Morgan fingerprint density at radius 1 is 1.07 bits per heavy atom. The molecular formula is C11H21F2N. The number of rotatable bonds is 8. The Labute approximate surface area is 85.6 Å². The van der Waals surface area contributed by atoms with Crippen LogP contribution in [0.4, 0.5) is 8.78 Å². The van der Waals surface area contributed by atoms with Crippen LogP contribution in [0.5, 0.6) is 0 Å². The minimum atomic E-state index is -1.50. The van der Waals surface area contributed by atoms with Gasteiger partial charge in [-0.3, -0.25) is 0 Å². The van der Waals surface area contributed by atoms with Crippen molar-refractivity contribution < 1.29 is 8.78 Å². The molecule has 0 aliphatic rings. The second-order valence-electron chi connectivity index (χ2n) is 3.50. The van der Waals surface area contributed by atoms with Gasteiger partial charge in [0.25, 0.3) is 6.08 Å². The van der Waals surface area contributed by atoms with Crippen LogP contribution in [-0.4, -0.2) is 13.1 Å². The molecule has 0 aromatic carbocycles. The van der Waals surface area contributed by atoms with Crippen molar-refractivity contribution in [2.24, 2.45) is 0 Å². The Bertz CT molecular complexity index is 151. The zero-order chi connectivity index (χ0) is 10.8. The standard InChI is InChI=1S/C11H21F2N/c1-3-5-6-7-10(11(12)13)9-14-8-4-2/h14H,3-9H2,1-2H3. The lowest BCUT2D eigenvalue weighted by Gasteiger charge is -2.06. The van der Waals surface area contributed by atoms with Crippen molar-refractivity contribution in [2.75, 3.05) is 13.1 Å².